The van der Waals surface area contributed by atoms with Gasteiger partial charge in [0, 0.05) is 50.3 Å². The summed E-state index contributed by atoms with van der Waals surface area (Å²) in [5.41, 5.74) is 2.35. The molecule has 2 bridgehead atoms. The predicted molar refractivity (Wildman–Crippen MR) is 162 cm³/mol. The van der Waals surface area contributed by atoms with Crippen molar-refractivity contribution in [1.29, 1.82) is 0 Å². The fraction of sp³-hybridized carbons (Fsp3) is 0.400. The van der Waals surface area contributed by atoms with Crippen LogP contribution in [0.1, 0.15) is 26.2 Å². The molecule has 1 atom stereocenters. The predicted octanol–water partition coefficient (Wildman–Crippen LogP) is 3.36. The highest BCUT2D eigenvalue weighted by atomic mass is 16.3. The van der Waals surface area contributed by atoms with Crippen LogP contribution in [-0.4, -0.2) is 80.3 Å². The number of hydrogen-bond donors (Lipinski definition) is 2. The number of aliphatic hydroxyl groups excluding tert-OH is 1. The molecule has 2 N–H and O–H groups in total. The first kappa shape index (κ1) is 27.0. The Bertz CT molecular complexity index is 1580. The molecule has 1 aromatic carbocycles. The largest absolute Gasteiger partial charge is 0.374 e. The van der Waals surface area contributed by atoms with E-state index in [1.807, 2.05) is 41.3 Å². The molecule has 2 aliphatic rings. The number of likely N-dealkylation sites (N-methyl/N-ethyl adjacent to an activating group) is 1. The third-order valence-corrected chi connectivity index (χ3v) is 7.81. The molecule has 0 amide bonds. The standard InChI is InChI=1S/C30H37N9O2/c1-22(40)37-15-6-4-3-5-7-16-38-29(41)25-21-31-30(34-28(25)39(38)27-10-8-9-26(37)33-27)32-23-11-13-24(14-12-23)36-19-17-35(2)18-20-36/h5,7-14,21-22,40H,3-4,6,15-20H2,1-2H3,(H,31,32,34)/b7-5-. The minimum absolute atomic E-state index is 0.179. The molecule has 1 saturated heterocycles. The normalized spacial score (nSPS) is 18.2. The van der Waals surface area contributed by atoms with Crippen molar-refractivity contribution in [2.45, 2.75) is 39.0 Å². The first-order valence-electron chi connectivity index (χ1n) is 14.3. The van der Waals surface area contributed by atoms with Gasteiger partial charge >= 0.3 is 0 Å². The molecule has 6 rings (SSSR count). The van der Waals surface area contributed by atoms with Crippen molar-refractivity contribution < 1.29 is 5.11 Å². The van der Waals surface area contributed by atoms with Gasteiger partial charge in [-0.15, -0.1) is 0 Å². The lowest BCUT2D eigenvalue weighted by Gasteiger charge is -2.34. The summed E-state index contributed by atoms with van der Waals surface area (Å²) in [4.78, 5) is 34.3. The van der Waals surface area contributed by atoms with Crippen molar-refractivity contribution in [2.75, 3.05) is 54.9 Å². The lowest BCUT2D eigenvalue weighted by molar-refractivity contribution is 0.186. The Morgan fingerprint density at radius 1 is 0.927 bits per heavy atom. The minimum atomic E-state index is -0.692. The van der Waals surface area contributed by atoms with Crippen LogP contribution in [0.5, 0.6) is 0 Å². The maximum Gasteiger partial charge on any atom is 0.278 e. The monoisotopic (exact) mass is 555 g/mol. The molecule has 11 heteroatoms. The highest BCUT2D eigenvalue weighted by molar-refractivity contribution is 5.77. The molecular weight excluding hydrogens is 518 g/mol. The second-order valence-corrected chi connectivity index (χ2v) is 10.7. The number of allylic oxidation sites excluding steroid dienone is 2. The van der Waals surface area contributed by atoms with Crippen LogP contribution in [-0.2, 0) is 6.54 Å². The molecule has 5 heterocycles. The molecule has 41 heavy (non-hydrogen) atoms. The smallest absolute Gasteiger partial charge is 0.278 e. The Kier molecular flexibility index (Phi) is 7.71. The number of rotatable bonds is 4. The van der Waals surface area contributed by atoms with Gasteiger partial charge in [-0.2, -0.15) is 4.98 Å². The molecule has 1 unspecified atom stereocenters. The van der Waals surface area contributed by atoms with E-state index in [9.17, 15) is 9.90 Å². The van der Waals surface area contributed by atoms with Gasteiger partial charge in [0.2, 0.25) is 5.95 Å². The molecule has 2 aliphatic heterocycles. The van der Waals surface area contributed by atoms with E-state index < -0.39 is 6.23 Å². The van der Waals surface area contributed by atoms with Gasteiger partial charge in [-0.1, -0.05) is 18.2 Å². The van der Waals surface area contributed by atoms with Crippen LogP contribution < -0.4 is 20.7 Å². The quantitative estimate of drug-likeness (QED) is 0.367. The number of aromatic nitrogens is 5. The summed E-state index contributed by atoms with van der Waals surface area (Å²) < 4.78 is 3.40. The van der Waals surface area contributed by atoms with Gasteiger partial charge in [0.25, 0.3) is 5.56 Å². The highest BCUT2D eigenvalue weighted by Crippen LogP contribution is 2.24. The summed E-state index contributed by atoms with van der Waals surface area (Å²) in [6, 6.07) is 13.9. The van der Waals surface area contributed by atoms with Crippen LogP contribution in [0, 0.1) is 0 Å². The van der Waals surface area contributed by atoms with Gasteiger partial charge in [-0.3, -0.25) is 4.79 Å². The number of anilines is 4. The summed E-state index contributed by atoms with van der Waals surface area (Å²) in [7, 11) is 2.15. The average Bonchev–Trinajstić information content (AvgIpc) is 3.25. The zero-order valence-electron chi connectivity index (χ0n) is 23.6. The number of pyridine rings is 1. The number of hydrogen-bond acceptors (Lipinski definition) is 9. The lowest BCUT2D eigenvalue weighted by Crippen LogP contribution is -2.44. The molecule has 0 spiro atoms. The average molecular weight is 556 g/mol. The Balaban J connectivity index is 1.36. The van der Waals surface area contributed by atoms with Crippen molar-refractivity contribution in [1.82, 2.24) is 29.2 Å². The maximum absolute atomic E-state index is 13.5. The van der Waals surface area contributed by atoms with E-state index in [1.165, 1.54) is 5.69 Å². The number of aliphatic hydroxyl groups is 1. The van der Waals surface area contributed by atoms with E-state index in [4.69, 9.17) is 9.97 Å². The Labute approximate surface area is 239 Å². The Hall–Kier alpha value is -4.22. The zero-order chi connectivity index (χ0) is 28.3. The topological polar surface area (TPSA) is 108 Å². The SMILES string of the molecule is CC(O)N1CCCC/C=C\Cn2c(=O)c3cnc(Nc4ccc(N5CCN(C)CC5)cc4)nc3n2-c2cccc1n2. The molecular formula is C30H37N9O2. The van der Waals surface area contributed by atoms with E-state index >= 15 is 0 Å². The van der Waals surface area contributed by atoms with Crippen molar-refractivity contribution >= 4 is 34.2 Å². The van der Waals surface area contributed by atoms with Crippen molar-refractivity contribution in [3.63, 3.8) is 0 Å². The molecule has 1 fully saturated rings. The molecule has 0 aliphatic carbocycles. The molecule has 11 nitrogen and oxygen atoms in total. The van der Waals surface area contributed by atoms with E-state index in [0.29, 0.717) is 41.7 Å². The van der Waals surface area contributed by atoms with E-state index in [-0.39, 0.29) is 5.56 Å². The van der Waals surface area contributed by atoms with Gasteiger partial charge < -0.3 is 25.1 Å². The Morgan fingerprint density at radius 2 is 1.71 bits per heavy atom. The summed E-state index contributed by atoms with van der Waals surface area (Å²) >= 11 is 0. The van der Waals surface area contributed by atoms with Gasteiger partial charge in [-0.05, 0) is 69.6 Å². The summed E-state index contributed by atoms with van der Waals surface area (Å²) in [5, 5.41) is 14.2. The summed E-state index contributed by atoms with van der Waals surface area (Å²) in [5.74, 6) is 1.60. The van der Waals surface area contributed by atoms with Crippen molar-refractivity contribution in [3.8, 4) is 5.82 Å². The summed E-state index contributed by atoms with van der Waals surface area (Å²) in [6.07, 6.45) is 7.81. The van der Waals surface area contributed by atoms with Gasteiger partial charge in [0.05, 0.1) is 6.54 Å². The van der Waals surface area contributed by atoms with Gasteiger partial charge in [-0.25, -0.2) is 19.3 Å². The van der Waals surface area contributed by atoms with Crippen LogP contribution in [0.15, 0.2) is 65.6 Å². The molecule has 4 aromatic rings. The van der Waals surface area contributed by atoms with E-state index in [2.05, 4.69) is 45.4 Å². The molecule has 0 radical (unpaired) electrons. The fourth-order valence-corrected chi connectivity index (χ4v) is 5.46. The first-order valence-corrected chi connectivity index (χ1v) is 14.3. The fourth-order valence-electron chi connectivity index (χ4n) is 5.46. The number of piperazine rings is 1. The molecule has 0 saturated carbocycles. The van der Waals surface area contributed by atoms with Crippen LogP contribution in [0.4, 0.5) is 23.1 Å². The van der Waals surface area contributed by atoms with Crippen LogP contribution in [0.2, 0.25) is 0 Å². The number of benzene rings is 1. The maximum atomic E-state index is 13.5. The summed E-state index contributed by atoms with van der Waals surface area (Å²) in [6.45, 7) is 6.95. The zero-order valence-corrected chi connectivity index (χ0v) is 23.6. The molecule has 214 valence electrons. The second-order valence-electron chi connectivity index (χ2n) is 10.7. The van der Waals surface area contributed by atoms with Crippen LogP contribution in [0.3, 0.4) is 0 Å². The third kappa shape index (κ3) is 5.68. The first-order chi connectivity index (χ1) is 20.0. The number of nitrogens with zero attached hydrogens (tertiary/aromatic N) is 8. The highest BCUT2D eigenvalue weighted by Gasteiger charge is 2.20. The van der Waals surface area contributed by atoms with E-state index in [1.54, 1.807) is 22.5 Å². The minimum Gasteiger partial charge on any atom is -0.374 e. The Morgan fingerprint density at radius 3 is 2.49 bits per heavy atom. The van der Waals surface area contributed by atoms with Crippen LogP contribution >= 0.6 is 0 Å². The molecule has 3 aromatic heterocycles. The lowest BCUT2D eigenvalue weighted by atomic mass is 10.2. The van der Waals surface area contributed by atoms with Crippen molar-refractivity contribution in [3.05, 3.63) is 71.2 Å². The number of nitrogens with one attached hydrogen (secondary N) is 1. The van der Waals surface area contributed by atoms with E-state index in [0.717, 1.165) is 51.1 Å². The van der Waals surface area contributed by atoms with Gasteiger partial charge in [0.1, 0.15) is 17.4 Å². The second kappa shape index (κ2) is 11.7. The van der Waals surface area contributed by atoms with Crippen LogP contribution in [0.25, 0.3) is 16.9 Å². The van der Waals surface area contributed by atoms with Crippen molar-refractivity contribution in [2.24, 2.45) is 0 Å². The van der Waals surface area contributed by atoms with Gasteiger partial charge in [0.15, 0.2) is 11.5 Å². The third-order valence-electron chi connectivity index (χ3n) is 7.81. The number of fused-ring (bicyclic) bond motifs is 6.